The van der Waals surface area contributed by atoms with Gasteiger partial charge in [-0.15, -0.1) is 11.3 Å². The van der Waals surface area contributed by atoms with E-state index in [0.29, 0.717) is 23.7 Å². The Morgan fingerprint density at radius 1 is 1.45 bits per heavy atom. The van der Waals surface area contributed by atoms with E-state index in [-0.39, 0.29) is 5.69 Å². The number of aromatic nitrogens is 2. The number of fused-ring (bicyclic) bond motifs is 1. The molecule has 0 bridgehead atoms. The third-order valence-corrected chi connectivity index (χ3v) is 3.61. The van der Waals surface area contributed by atoms with Crippen molar-refractivity contribution < 1.29 is 9.34 Å². The zero-order chi connectivity index (χ0) is 14.1. The third-order valence-electron chi connectivity index (χ3n) is 2.64. The number of nitro groups is 1. The minimum atomic E-state index is -0.459. The van der Waals surface area contributed by atoms with Crippen molar-refractivity contribution in [3.05, 3.63) is 44.4 Å². The predicted molar refractivity (Wildman–Crippen MR) is 74.8 cm³/mol. The highest BCUT2D eigenvalue weighted by atomic mass is 32.1. The number of oxazole rings is 1. The molecule has 20 heavy (non-hydrogen) atoms. The fourth-order valence-electron chi connectivity index (χ4n) is 1.74. The van der Waals surface area contributed by atoms with E-state index < -0.39 is 4.92 Å². The summed E-state index contributed by atoms with van der Waals surface area (Å²) in [5, 5.41) is 16.6. The molecule has 102 valence electrons. The molecular formula is C12H10N4O3S. The maximum atomic E-state index is 10.7. The van der Waals surface area contributed by atoms with E-state index >= 15 is 0 Å². The number of hydrogen-bond donors (Lipinski definition) is 1. The van der Waals surface area contributed by atoms with Crippen molar-refractivity contribution in [2.24, 2.45) is 0 Å². The van der Waals surface area contributed by atoms with E-state index in [1.165, 1.54) is 12.1 Å². The van der Waals surface area contributed by atoms with E-state index in [0.717, 1.165) is 10.7 Å². The Morgan fingerprint density at radius 2 is 2.30 bits per heavy atom. The first-order valence-electron chi connectivity index (χ1n) is 5.82. The molecule has 0 saturated carbocycles. The van der Waals surface area contributed by atoms with E-state index in [9.17, 15) is 10.1 Å². The zero-order valence-electron chi connectivity index (χ0n) is 10.5. The lowest BCUT2D eigenvalue weighted by Gasteiger charge is -1.96. The van der Waals surface area contributed by atoms with Crippen LogP contribution in [0.3, 0.4) is 0 Å². The van der Waals surface area contributed by atoms with Crippen LogP contribution in [0, 0.1) is 17.0 Å². The Balaban J connectivity index is 1.80. The molecule has 0 atom stereocenters. The zero-order valence-corrected chi connectivity index (χ0v) is 11.3. The summed E-state index contributed by atoms with van der Waals surface area (Å²) in [5.74, 6) is 0. The van der Waals surface area contributed by atoms with Crippen molar-refractivity contribution in [1.82, 2.24) is 9.97 Å². The normalized spacial score (nSPS) is 10.8. The highest BCUT2D eigenvalue weighted by Crippen LogP contribution is 2.23. The summed E-state index contributed by atoms with van der Waals surface area (Å²) in [7, 11) is 0. The van der Waals surface area contributed by atoms with Gasteiger partial charge in [0.2, 0.25) is 0 Å². The molecule has 0 aliphatic rings. The first kappa shape index (κ1) is 12.5. The van der Waals surface area contributed by atoms with Crippen molar-refractivity contribution in [1.29, 1.82) is 0 Å². The predicted octanol–water partition coefficient (Wildman–Crippen LogP) is 3.11. The van der Waals surface area contributed by atoms with Crippen molar-refractivity contribution >= 4 is 34.1 Å². The van der Waals surface area contributed by atoms with E-state index in [4.69, 9.17) is 4.42 Å². The third kappa shape index (κ3) is 2.45. The number of anilines is 1. The van der Waals surface area contributed by atoms with Gasteiger partial charge in [0, 0.05) is 23.2 Å². The number of benzene rings is 1. The molecule has 8 heteroatoms. The largest absolute Gasteiger partial charge is 0.424 e. The Hall–Kier alpha value is -2.48. The maximum absolute atomic E-state index is 10.7. The molecule has 0 aliphatic heterocycles. The van der Waals surface area contributed by atoms with Crippen LogP contribution in [0.5, 0.6) is 0 Å². The molecule has 1 aromatic carbocycles. The number of rotatable bonds is 4. The maximum Gasteiger partial charge on any atom is 0.296 e. The molecule has 7 nitrogen and oxygen atoms in total. The Morgan fingerprint density at radius 3 is 3.00 bits per heavy atom. The monoisotopic (exact) mass is 290 g/mol. The Bertz CT molecular complexity index is 780. The lowest BCUT2D eigenvalue weighted by atomic mass is 10.3. The van der Waals surface area contributed by atoms with E-state index in [1.54, 1.807) is 17.4 Å². The average molecular weight is 290 g/mol. The van der Waals surface area contributed by atoms with Gasteiger partial charge in [-0.25, -0.2) is 4.98 Å². The van der Waals surface area contributed by atoms with Crippen molar-refractivity contribution in [2.45, 2.75) is 13.5 Å². The molecule has 2 heterocycles. The molecule has 1 N–H and O–H groups in total. The fraction of sp³-hybridized carbons (Fsp3) is 0.167. The molecule has 0 radical (unpaired) electrons. The number of non-ortho nitro benzene ring substituents is 1. The quantitative estimate of drug-likeness (QED) is 0.586. The van der Waals surface area contributed by atoms with Gasteiger partial charge in [0.05, 0.1) is 11.5 Å². The highest BCUT2D eigenvalue weighted by molar-refractivity contribution is 7.09. The van der Waals surface area contributed by atoms with Gasteiger partial charge < -0.3 is 9.73 Å². The van der Waals surface area contributed by atoms with Gasteiger partial charge in [-0.2, -0.15) is 4.98 Å². The number of thiazole rings is 1. The minimum Gasteiger partial charge on any atom is -0.424 e. The first-order valence-corrected chi connectivity index (χ1v) is 6.69. The van der Waals surface area contributed by atoms with Crippen LogP contribution in [-0.4, -0.2) is 14.9 Å². The number of nitro benzene ring substituents is 1. The molecule has 0 amide bonds. The molecule has 2 aromatic heterocycles. The van der Waals surface area contributed by atoms with Crippen LogP contribution in [0.2, 0.25) is 0 Å². The summed E-state index contributed by atoms with van der Waals surface area (Å²) in [6, 6.07) is 4.64. The summed E-state index contributed by atoms with van der Waals surface area (Å²) in [4.78, 5) is 18.7. The van der Waals surface area contributed by atoms with Gasteiger partial charge in [-0.3, -0.25) is 10.1 Å². The van der Waals surface area contributed by atoms with Gasteiger partial charge >= 0.3 is 0 Å². The number of nitrogens with zero attached hydrogens (tertiary/aromatic N) is 3. The van der Waals surface area contributed by atoms with Crippen molar-refractivity contribution in [3.8, 4) is 0 Å². The lowest BCUT2D eigenvalue weighted by Crippen LogP contribution is -1.98. The summed E-state index contributed by atoms with van der Waals surface area (Å²) in [6.07, 6.45) is 0. The second-order valence-electron chi connectivity index (χ2n) is 4.16. The van der Waals surface area contributed by atoms with Crippen LogP contribution in [0.1, 0.15) is 10.7 Å². The standard InChI is InChI=1S/C12H10N4O3S/c1-7-6-20-11(14-7)5-13-12-15-9-4-8(16(17)18)2-3-10(9)19-12/h2-4,6H,5H2,1H3,(H,13,15). The highest BCUT2D eigenvalue weighted by Gasteiger charge is 2.11. The molecule has 3 aromatic rings. The van der Waals surface area contributed by atoms with Gasteiger partial charge in [-0.1, -0.05) is 0 Å². The first-order chi connectivity index (χ1) is 9.61. The van der Waals surface area contributed by atoms with Crippen LogP contribution in [0.4, 0.5) is 11.7 Å². The van der Waals surface area contributed by atoms with Crippen LogP contribution in [0.15, 0.2) is 28.0 Å². The smallest absolute Gasteiger partial charge is 0.296 e. The molecule has 3 rings (SSSR count). The summed E-state index contributed by atoms with van der Waals surface area (Å²) >= 11 is 1.55. The lowest BCUT2D eigenvalue weighted by molar-refractivity contribution is -0.384. The summed E-state index contributed by atoms with van der Waals surface area (Å²) < 4.78 is 5.46. The van der Waals surface area contributed by atoms with Gasteiger partial charge in [0.1, 0.15) is 10.5 Å². The Labute approximate surface area is 117 Å². The van der Waals surface area contributed by atoms with Crippen LogP contribution in [-0.2, 0) is 6.54 Å². The second-order valence-corrected chi connectivity index (χ2v) is 5.11. The SMILES string of the molecule is Cc1csc(CNc2nc3cc([N+](=O)[O-])ccc3o2)n1. The fourth-order valence-corrected chi connectivity index (χ4v) is 2.45. The van der Waals surface area contributed by atoms with Gasteiger partial charge in [-0.05, 0) is 13.0 Å². The van der Waals surface area contributed by atoms with Crippen molar-refractivity contribution in [2.75, 3.05) is 5.32 Å². The van der Waals surface area contributed by atoms with Gasteiger partial charge in [0.15, 0.2) is 5.58 Å². The van der Waals surface area contributed by atoms with Gasteiger partial charge in [0.25, 0.3) is 11.7 Å². The molecule has 0 saturated heterocycles. The number of hydrogen-bond acceptors (Lipinski definition) is 7. The van der Waals surface area contributed by atoms with Crippen molar-refractivity contribution in [3.63, 3.8) is 0 Å². The van der Waals surface area contributed by atoms with Crippen LogP contribution < -0.4 is 5.32 Å². The molecular weight excluding hydrogens is 280 g/mol. The van der Waals surface area contributed by atoms with Crippen LogP contribution in [0.25, 0.3) is 11.1 Å². The average Bonchev–Trinajstić information content (AvgIpc) is 3.00. The number of nitrogens with one attached hydrogen (secondary N) is 1. The second kappa shape index (κ2) is 4.89. The molecule has 0 aliphatic carbocycles. The summed E-state index contributed by atoms with van der Waals surface area (Å²) in [5.41, 5.74) is 1.93. The minimum absolute atomic E-state index is 0.00658. The van der Waals surface area contributed by atoms with E-state index in [2.05, 4.69) is 15.3 Å². The van der Waals surface area contributed by atoms with E-state index in [1.807, 2.05) is 12.3 Å². The van der Waals surface area contributed by atoms with Crippen LogP contribution >= 0.6 is 11.3 Å². The molecule has 0 unspecified atom stereocenters. The summed E-state index contributed by atoms with van der Waals surface area (Å²) in [6.45, 7) is 2.44. The topological polar surface area (TPSA) is 94.1 Å². The molecule has 0 spiro atoms. The molecule has 0 fully saturated rings. The number of aryl methyl sites for hydroxylation is 1. The Kier molecular flexibility index (Phi) is 3.07.